The van der Waals surface area contributed by atoms with Crippen molar-refractivity contribution in [2.45, 2.75) is 17.7 Å². The van der Waals surface area contributed by atoms with E-state index in [0.717, 1.165) is 12.8 Å². The topological polar surface area (TPSA) is 70.7 Å². The maximum absolute atomic E-state index is 12.6. The van der Waals surface area contributed by atoms with Gasteiger partial charge in [0.2, 0.25) is 10.0 Å². The smallest absolute Gasteiger partial charge is 0.243 e. The Bertz CT molecular complexity index is 927. The highest BCUT2D eigenvalue weighted by molar-refractivity contribution is 7.89. The lowest BCUT2D eigenvalue weighted by molar-refractivity contribution is 0.417. The zero-order chi connectivity index (χ0) is 19.4. The number of thiocarbonyl (C=S) groups is 1. The number of methoxy groups -OCH3 is 1. The van der Waals surface area contributed by atoms with E-state index in [-0.39, 0.29) is 4.90 Å². The van der Waals surface area contributed by atoms with Crippen molar-refractivity contribution >= 4 is 50.3 Å². The molecule has 0 aromatic heterocycles. The highest BCUT2D eigenvalue weighted by Gasteiger charge is 2.26. The van der Waals surface area contributed by atoms with Crippen LogP contribution in [0.15, 0.2) is 47.4 Å². The van der Waals surface area contributed by atoms with Gasteiger partial charge in [-0.25, -0.2) is 8.42 Å². The van der Waals surface area contributed by atoms with Crippen LogP contribution in [0, 0.1) is 0 Å². The molecule has 1 fully saturated rings. The van der Waals surface area contributed by atoms with E-state index >= 15 is 0 Å². The maximum Gasteiger partial charge on any atom is 0.243 e. The molecule has 27 heavy (non-hydrogen) atoms. The van der Waals surface area contributed by atoms with Gasteiger partial charge in [-0.05, 0) is 67.5 Å². The van der Waals surface area contributed by atoms with E-state index in [1.54, 1.807) is 49.6 Å². The average molecular weight is 426 g/mol. The molecule has 1 aliphatic heterocycles. The molecule has 0 spiro atoms. The third-order valence-electron chi connectivity index (χ3n) is 4.22. The van der Waals surface area contributed by atoms with Gasteiger partial charge in [-0.15, -0.1) is 0 Å². The molecule has 1 saturated heterocycles. The van der Waals surface area contributed by atoms with Crippen molar-refractivity contribution < 1.29 is 13.2 Å². The van der Waals surface area contributed by atoms with Gasteiger partial charge in [0.1, 0.15) is 5.75 Å². The van der Waals surface area contributed by atoms with E-state index in [1.165, 1.54) is 4.31 Å². The second-order valence-corrected chi connectivity index (χ2v) is 8.84. The molecule has 2 N–H and O–H groups in total. The summed E-state index contributed by atoms with van der Waals surface area (Å²) in [5.41, 5.74) is 1.31. The number of hydrogen-bond acceptors (Lipinski definition) is 4. The molecule has 0 aliphatic carbocycles. The van der Waals surface area contributed by atoms with Crippen molar-refractivity contribution in [3.05, 3.63) is 47.5 Å². The normalized spacial score (nSPS) is 14.7. The molecule has 9 heteroatoms. The number of anilines is 2. The van der Waals surface area contributed by atoms with Crippen LogP contribution in [-0.2, 0) is 10.0 Å². The molecule has 2 aromatic rings. The van der Waals surface area contributed by atoms with E-state index in [1.807, 2.05) is 0 Å². The van der Waals surface area contributed by atoms with Crippen LogP contribution in [0.1, 0.15) is 12.8 Å². The Morgan fingerprint density at radius 3 is 2.41 bits per heavy atom. The summed E-state index contributed by atoms with van der Waals surface area (Å²) in [6.45, 7) is 1.16. The minimum atomic E-state index is -3.42. The molecule has 1 heterocycles. The number of nitrogens with one attached hydrogen (secondary N) is 2. The number of sulfonamides is 1. The van der Waals surface area contributed by atoms with Crippen molar-refractivity contribution in [1.29, 1.82) is 0 Å². The molecule has 0 amide bonds. The Balaban J connectivity index is 1.68. The van der Waals surface area contributed by atoms with Crippen molar-refractivity contribution in [2.24, 2.45) is 0 Å². The van der Waals surface area contributed by atoms with Gasteiger partial charge >= 0.3 is 0 Å². The molecule has 0 saturated carbocycles. The first-order valence-corrected chi connectivity index (χ1v) is 10.6. The quantitative estimate of drug-likeness (QED) is 0.707. The molecular formula is C18H20ClN3O3S2. The summed E-state index contributed by atoms with van der Waals surface area (Å²) >= 11 is 11.3. The first-order valence-electron chi connectivity index (χ1n) is 8.42. The summed E-state index contributed by atoms with van der Waals surface area (Å²) in [7, 11) is -1.86. The highest BCUT2D eigenvalue weighted by atomic mass is 35.5. The number of nitrogens with zero attached hydrogens (tertiary/aromatic N) is 1. The molecule has 0 radical (unpaired) electrons. The summed E-state index contributed by atoms with van der Waals surface area (Å²) in [6, 6.07) is 11.7. The summed E-state index contributed by atoms with van der Waals surface area (Å²) in [5.74, 6) is 0.607. The molecule has 3 rings (SSSR count). The molecule has 1 aliphatic rings. The first-order chi connectivity index (χ1) is 12.9. The van der Waals surface area contributed by atoms with E-state index in [2.05, 4.69) is 10.6 Å². The SMILES string of the molecule is COc1ccc(Cl)cc1NC(=S)Nc1ccc(S(=O)(=O)N2CCCC2)cc1. The number of rotatable bonds is 5. The largest absolute Gasteiger partial charge is 0.495 e. The second kappa shape index (κ2) is 8.43. The first kappa shape index (κ1) is 19.9. The fourth-order valence-electron chi connectivity index (χ4n) is 2.85. The minimum Gasteiger partial charge on any atom is -0.495 e. The molecule has 0 atom stereocenters. The zero-order valence-corrected chi connectivity index (χ0v) is 17.1. The van der Waals surface area contributed by atoms with Gasteiger partial charge in [0.15, 0.2) is 5.11 Å². The Morgan fingerprint density at radius 2 is 1.78 bits per heavy atom. The Labute approximate surface area is 169 Å². The van der Waals surface area contributed by atoms with Crippen molar-refractivity contribution in [3.8, 4) is 5.75 Å². The Hall–Kier alpha value is -1.87. The van der Waals surface area contributed by atoms with Crippen LogP contribution in [0.25, 0.3) is 0 Å². The van der Waals surface area contributed by atoms with Crippen LogP contribution in [0.3, 0.4) is 0 Å². The predicted molar refractivity (Wildman–Crippen MR) is 112 cm³/mol. The lowest BCUT2D eigenvalue weighted by Gasteiger charge is -2.16. The maximum atomic E-state index is 12.6. The number of benzene rings is 2. The molecule has 0 bridgehead atoms. The molecule has 0 unspecified atom stereocenters. The van der Waals surface area contributed by atoms with Crippen molar-refractivity contribution in [2.75, 3.05) is 30.8 Å². The third-order valence-corrected chi connectivity index (χ3v) is 6.58. The Kier molecular flexibility index (Phi) is 6.21. The van der Waals surface area contributed by atoms with Crippen molar-refractivity contribution in [3.63, 3.8) is 0 Å². The molecule has 144 valence electrons. The third kappa shape index (κ3) is 4.70. The fraction of sp³-hybridized carbons (Fsp3) is 0.278. The van der Waals surface area contributed by atoms with E-state index in [9.17, 15) is 8.42 Å². The second-order valence-electron chi connectivity index (χ2n) is 6.06. The van der Waals surface area contributed by atoms with Gasteiger partial charge in [0.25, 0.3) is 0 Å². The number of halogens is 1. The highest BCUT2D eigenvalue weighted by Crippen LogP contribution is 2.28. The molecule has 2 aromatic carbocycles. The van der Waals surface area contributed by atoms with Gasteiger partial charge in [0.05, 0.1) is 17.7 Å². The Morgan fingerprint density at radius 1 is 1.11 bits per heavy atom. The van der Waals surface area contributed by atoms with Crippen LogP contribution in [-0.4, -0.2) is 38.0 Å². The predicted octanol–water partition coefficient (Wildman–Crippen LogP) is 3.94. The van der Waals surface area contributed by atoms with E-state index in [4.69, 9.17) is 28.6 Å². The van der Waals surface area contributed by atoms with E-state index < -0.39 is 10.0 Å². The van der Waals surface area contributed by atoms with Crippen LogP contribution in [0.5, 0.6) is 5.75 Å². The summed E-state index contributed by atoms with van der Waals surface area (Å²) in [4.78, 5) is 0.283. The zero-order valence-electron chi connectivity index (χ0n) is 14.7. The van der Waals surface area contributed by atoms with Gasteiger partial charge in [0, 0.05) is 23.8 Å². The lowest BCUT2D eigenvalue weighted by atomic mass is 10.3. The van der Waals surface area contributed by atoms with Gasteiger partial charge in [-0.2, -0.15) is 4.31 Å². The number of ether oxygens (including phenoxy) is 1. The van der Waals surface area contributed by atoms with Gasteiger partial charge in [-0.3, -0.25) is 0 Å². The van der Waals surface area contributed by atoms with Gasteiger partial charge in [-0.1, -0.05) is 11.6 Å². The standard InChI is InChI=1S/C18H20ClN3O3S2/c1-25-17-9-4-13(19)12-16(17)21-18(26)20-14-5-7-15(8-6-14)27(23,24)22-10-2-3-11-22/h4-9,12H,2-3,10-11H2,1H3,(H2,20,21,26). The molecular weight excluding hydrogens is 406 g/mol. The lowest BCUT2D eigenvalue weighted by Crippen LogP contribution is -2.27. The summed E-state index contributed by atoms with van der Waals surface area (Å²) < 4.78 is 31.9. The summed E-state index contributed by atoms with van der Waals surface area (Å²) in [6.07, 6.45) is 1.82. The number of hydrogen-bond donors (Lipinski definition) is 2. The molecule has 6 nitrogen and oxygen atoms in total. The van der Waals surface area contributed by atoms with Gasteiger partial charge < -0.3 is 15.4 Å². The van der Waals surface area contributed by atoms with Crippen LogP contribution >= 0.6 is 23.8 Å². The van der Waals surface area contributed by atoms with Crippen LogP contribution < -0.4 is 15.4 Å². The fourth-order valence-corrected chi connectivity index (χ4v) is 4.77. The van der Waals surface area contributed by atoms with Crippen molar-refractivity contribution in [1.82, 2.24) is 4.31 Å². The van der Waals surface area contributed by atoms with Crippen LogP contribution in [0.4, 0.5) is 11.4 Å². The van der Waals surface area contributed by atoms with Crippen LogP contribution in [0.2, 0.25) is 5.02 Å². The summed E-state index contributed by atoms with van der Waals surface area (Å²) in [5, 5.41) is 6.94. The monoisotopic (exact) mass is 425 g/mol. The van der Waals surface area contributed by atoms with E-state index in [0.29, 0.717) is 40.3 Å². The minimum absolute atomic E-state index is 0.283. The average Bonchev–Trinajstić information content (AvgIpc) is 3.18.